The lowest BCUT2D eigenvalue weighted by Crippen LogP contribution is -2.33. The lowest BCUT2D eigenvalue weighted by Gasteiger charge is -2.21. The first kappa shape index (κ1) is 6.95. The summed E-state index contributed by atoms with van der Waals surface area (Å²) in [6, 6.07) is 0. The normalized spacial score (nSPS) is 28.3. The molecular formula is C5H11NO3. The average Bonchev–Trinajstić information content (AvgIpc) is 1.91. The minimum atomic E-state index is 0.0312. The SMILES string of the molecule is NOC[C@@H]1COCCO1. The Kier molecular flexibility index (Phi) is 2.93. The van der Waals surface area contributed by atoms with Gasteiger partial charge in [-0.05, 0) is 0 Å². The molecule has 0 radical (unpaired) electrons. The Labute approximate surface area is 53.8 Å². The van der Waals surface area contributed by atoms with E-state index < -0.39 is 0 Å². The van der Waals surface area contributed by atoms with Crippen molar-refractivity contribution in [2.45, 2.75) is 6.10 Å². The van der Waals surface area contributed by atoms with Crippen LogP contribution in [0.2, 0.25) is 0 Å². The average molecular weight is 133 g/mol. The molecule has 54 valence electrons. The number of hydrogen-bond donors (Lipinski definition) is 1. The topological polar surface area (TPSA) is 53.7 Å². The van der Waals surface area contributed by atoms with Gasteiger partial charge in [0.15, 0.2) is 0 Å². The predicted molar refractivity (Wildman–Crippen MR) is 30.7 cm³/mol. The van der Waals surface area contributed by atoms with Gasteiger partial charge >= 0.3 is 0 Å². The highest BCUT2D eigenvalue weighted by Gasteiger charge is 2.13. The molecule has 4 heteroatoms. The molecule has 1 heterocycles. The molecule has 1 rings (SSSR count). The van der Waals surface area contributed by atoms with Gasteiger partial charge in [-0.15, -0.1) is 0 Å². The van der Waals surface area contributed by atoms with Crippen molar-refractivity contribution >= 4 is 0 Å². The zero-order chi connectivity index (χ0) is 6.53. The molecule has 0 unspecified atom stereocenters. The largest absolute Gasteiger partial charge is 0.376 e. The van der Waals surface area contributed by atoms with Gasteiger partial charge in [0.05, 0.1) is 26.4 Å². The molecule has 1 aliphatic heterocycles. The molecule has 1 atom stereocenters. The van der Waals surface area contributed by atoms with Crippen molar-refractivity contribution in [3.8, 4) is 0 Å². The maximum Gasteiger partial charge on any atom is 0.106 e. The van der Waals surface area contributed by atoms with Crippen molar-refractivity contribution in [2.75, 3.05) is 26.4 Å². The van der Waals surface area contributed by atoms with E-state index in [4.69, 9.17) is 15.4 Å². The Morgan fingerprint density at radius 2 is 2.44 bits per heavy atom. The van der Waals surface area contributed by atoms with Crippen LogP contribution in [0.3, 0.4) is 0 Å². The monoisotopic (exact) mass is 133 g/mol. The van der Waals surface area contributed by atoms with Crippen molar-refractivity contribution in [2.24, 2.45) is 5.90 Å². The molecule has 0 aromatic rings. The van der Waals surface area contributed by atoms with Gasteiger partial charge in [-0.1, -0.05) is 0 Å². The summed E-state index contributed by atoms with van der Waals surface area (Å²) in [4.78, 5) is 4.38. The molecule has 0 spiro atoms. The van der Waals surface area contributed by atoms with Gasteiger partial charge < -0.3 is 14.3 Å². The van der Waals surface area contributed by atoms with Gasteiger partial charge in [0.1, 0.15) is 6.10 Å². The first-order chi connectivity index (χ1) is 4.43. The van der Waals surface area contributed by atoms with Gasteiger partial charge in [-0.25, -0.2) is 5.90 Å². The molecule has 4 nitrogen and oxygen atoms in total. The van der Waals surface area contributed by atoms with E-state index in [9.17, 15) is 0 Å². The molecule has 0 saturated carbocycles. The summed E-state index contributed by atoms with van der Waals surface area (Å²) in [6.45, 7) is 2.34. The Hall–Kier alpha value is -0.160. The molecule has 0 aromatic carbocycles. The highest BCUT2D eigenvalue weighted by atomic mass is 16.6. The molecule has 1 aliphatic rings. The van der Waals surface area contributed by atoms with E-state index in [0.717, 1.165) is 0 Å². The number of rotatable bonds is 2. The van der Waals surface area contributed by atoms with Crippen LogP contribution < -0.4 is 5.90 Å². The summed E-state index contributed by atoms with van der Waals surface area (Å²) < 4.78 is 10.3. The van der Waals surface area contributed by atoms with Crippen LogP contribution in [0.25, 0.3) is 0 Å². The van der Waals surface area contributed by atoms with E-state index in [2.05, 4.69) is 4.84 Å². The van der Waals surface area contributed by atoms with E-state index in [1.807, 2.05) is 0 Å². The van der Waals surface area contributed by atoms with E-state index >= 15 is 0 Å². The fourth-order valence-corrected chi connectivity index (χ4v) is 0.740. The smallest absolute Gasteiger partial charge is 0.106 e. The zero-order valence-corrected chi connectivity index (χ0v) is 5.21. The molecule has 9 heavy (non-hydrogen) atoms. The van der Waals surface area contributed by atoms with Crippen LogP contribution in [-0.2, 0) is 14.3 Å². The molecule has 1 saturated heterocycles. The summed E-state index contributed by atoms with van der Waals surface area (Å²) >= 11 is 0. The third-order valence-electron chi connectivity index (χ3n) is 1.17. The Bertz CT molecular complexity index is 69.8. The highest BCUT2D eigenvalue weighted by Crippen LogP contribution is 1.99. The van der Waals surface area contributed by atoms with E-state index in [1.165, 1.54) is 0 Å². The summed E-state index contributed by atoms with van der Waals surface area (Å²) in [5, 5.41) is 0. The van der Waals surface area contributed by atoms with E-state index in [-0.39, 0.29) is 6.10 Å². The number of nitrogens with two attached hydrogens (primary N) is 1. The minimum absolute atomic E-state index is 0.0312. The van der Waals surface area contributed by atoms with Gasteiger partial charge in [0, 0.05) is 0 Å². The molecular weight excluding hydrogens is 122 g/mol. The highest BCUT2D eigenvalue weighted by molar-refractivity contribution is 4.57. The molecule has 2 N–H and O–H groups in total. The fraction of sp³-hybridized carbons (Fsp3) is 1.00. The van der Waals surface area contributed by atoms with Crippen LogP contribution in [0.1, 0.15) is 0 Å². The predicted octanol–water partition coefficient (Wildman–Crippen LogP) is -0.708. The van der Waals surface area contributed by atoms with Crippen molar-refractivity contribution in [3.05, 3.63) is 0 Å². The Balaban J connectivity index is 2.08. The second kappa shape index (κ2) is 3.79. The minimum Gasteiger partial charge on any atom is -0.376 e. The molecule has 0 aliphatic carbocycles. The van der Waals surface area contributed by atoms with Crippen molar-refractivity contribution in [3.63, 3.8) is 0 Å². The third kappa shape index (κ3) is 2.28. The quantitative estimate of drug-likeness (QED) is 0.506. The van der Waals surface area contributed by atoms with Crippen molar-refractivity contribution in [1.29, 1.82) is 0 Å². The third-order valence-corrected chi connectivity index (χ3v) is 1.17. The second-order valence-corrected chi connectivity index (χ2v) is 1.90. The maximum atomic E-state index is 5.19. The molecule has 0 bridgehead atoms. The summed E-state index contributed by atoms with van der Waals surface area (Å²) in [5.41, 5.74) is 0. The van der Waals surface area contributed by atoms with Crippen LogP contribution in [0, 0.1) is 0 Å². The number of hydrogen-bond acceptors (Lipinski definition) is 4. The van der Waals surface area contributed by atoms with Gasteiger partial charge in [-0.3, -0.25) is 0 Å². The lowest BCUT2D eigenvalue weighted by molar-refractivity contribution is -0.115. The van der Waals surface area contributed by atoms with E-state index in [0.29, 0.717) is 26.4 Å². The summed E-state index contributed by atoms with van der Waals surface area (Å²) in [7, 11) is 0. The standard InChI is InChI=1S/C5H11NO3/c6-9-4-5-3-7-1-2-8-5/h5H,1-4,6H2/t5-/m0/s1. The second-order valence-electron chi connectivity index (χ2n) is 1.90. The lowest BCUT2D eigenvalue weighted by atomic mass is 10.4. The summed E-state index contributed by atoms with van der Waals surface area (Å²) in [5.74, 6) is 4.82. The number of ether oxygens (including phenoxy) is 2. The van der Waals surface area contributed by atoms with Gasteiger partial charge in [0.25, 0.3) is 0 Å². The van der Waals surface area contributed by atoms with Crippen molar-refractivity contribution < 1.29 is 14.3 Å². The van der Waals surface area contributed by atoms with Crippen molar-refractivity contribution in [1.82, 2.24) is 0 Å². The first-order valence-corrected chi connectivity index (χ1v) is 2.94. The van der Waals surface area contributed by atoms with Gasteiger partial charge in [0.2, 0.25) is 0 Å². The van der Waals surface area contributed by atoms with Crippen LogP contribution in [-0.4, -0.2) is 32.5 Å². The van der Waals surface area contributed by atoms with Gasteiger partial charge in [-0.2, -0.15) is 0 Å². The Morgan fingerprint density at radius 3 is 3.00 bits per heavy atom. The maximum absolute atomic E-state index is 5.19. The molecule has 1 fully saturated rings. The van der Waals surface area contributed by atoms with Crippen LogP contribution in [0.5, 0.6) is 0 Å². The Morgan fingerprint density at radius 1 is 1.56 bits per heavy atom. The van der Waals surface area contributed by atoms with Crippen LogP contribution >= 0.6 is 0 Å². The van der Waals surface area contributed by atoms with E-state index in [1.54, 1.807) is 0 Å². The zero-order valence-electron chi connectivity index (χ0n) is 5.21. The first-order valence-electron chi connectivity index (χ1n) is 2.94. The molecule has 0 amide bonds. The van der Waals surface area contributed by atoms with Crippen LogP contribution in [0.15, 0.2) is 0 Å². The summed E-state index contributed by atoms with van der Waals surface area (Å²) in [6.07, 6.45) is 0.0312. The fourth-order valence-electron chi connectivity index (χ4n) is 0.740. The van der Waals surface area contributed by atoms with Crippen LogP contribution in [0.4, 0.5) is 0 Å². The molecule has 0 aromatic heterocycles.